The van der Waals surface area contributed by atoms with Gasteiger partial charge in [-0.05, 0) is 18.9 Å². The van der Waals surface area contributed by atoms with E-state index < -0.39 is 0 Å². The molecule has 0 aromatic heterocycles. The second-order valence-corrected chi connectivity index (χ2v) is 3.34. The van der Waals surface area contributed by atoms with E-state index in [1.54, 1.807) is 7.11 Å². The van der Waals surface area contributed by atoms with E-state index >= 15 is 0 Å². The lowest BCUT2D eigenvalue weighted by molar-refractivity contribution is 0.0722. The van der Waals surface area contributed by atoms with Crippen molar-refractivity contribution in [2.24, 2.45) is 0 Å². The number of hydrogen-bond acceptors (Lipinski definition) is 2. The van der Waals surface area contributed by atoms with E-state index in [2.05, 4.69) is 31.2 Å². The maximum atomic E-state index is 5.38. The van der Waals surface area contributed by atoms with Gasteiger partial charge in [0.1, 0.15) is 0 Å². The molecule has 14 heavy (non-hydrogen) atoms. The lowest BCUT2D eigenvalue weighted by atomic mass is 10.1. The van der Waals surface area contributed by atoms with Gasteiger partial charge in [0.05, 0.1) is 19.8 Å². The van der Waals surface area contributed by atoms with Gasteiger partial charge in [0.15, 0.2) is 0 Å². The van der Waals surface area contributed by atoms with Crippen LogP contribution in [0.3, 0.4) is 0 Å². The van der Waals surface area contributed by atoms with Crippen LogP contribution in [0.2, 0.25) is 0 Å². The molecule has 1 rings (SSSR count). The second kappa shape index (κ2) is 6.57. The minimum Gasteiger partial charge on any atom is -0.382 e. The Balaban J connectivity index is 2.15. The van der Waals surface area contributed by atoms with Crippen molar-refractivity contribution in [3.8, 4) is 0 Å². The first-order chi connectivity index (χ1) is 6.83. The van der Waals surface area contributed by atoms with Crippen LogP contribution in [-0.4, -0.2) is 26.9 Å². The summed E-state index contributed by atoms with van der Waals surface area (Å²) >= 11 is 0. The first-order valence-electron chi connectivity index (χ1n) is 4.95. The third-order valence-corrected chi connectivity index (χ3v) is 2.09. The Morgan fingerprint density at radius 2 is 1.71 bits per heavy atom. The third-order valence-electron chi connectivity index (χ3n) is 2.09. The molecule has 0 heterocycles. The Labute approximate surface area is 85.8 Å². The SMILES string of the molecule is COCCOCCc1ccc(C)cc1. The van der Waals surface area contributed by atoms with Crippen LogP contribution in [0, 0.1) is 6.92 Å². The molecule has 0 amide bonds. The normalized spacial score (nSPS) is 10.4. The fourth-order valence-corrected chi connectivity index (χ4v) is 1.19. The van der Waals surface area contributed by atoms with Gasteiger partial charge in [-0.25, -0.2) is 0 Å². The van der Waals surface area contributed by atoms with Crippen LogP contribution in [-0.2, 0) is 15.9 Å². The molecule has 0 aliphatic carbocycles. The molecular formula is C12H18O2. The van der Waals surface area contributed by atoms with Gasteiger partial charge in [-0.1, -0.05) is 29.8 Å². The summed E-state index contributed by atoms with van der Waals surface area (Å²) in [6.07, 6.45) is 0.976. The molecule has 0 atom stereocenters. The van der Waals surface area contributed by atoms with Crippen molar-refractivity contribution in [1.29, 1.82) is 0 Å². The first-order valence-corrected chi connectivity index (χ1v) is 4.95. The maximum absolute atomic E-state index is 5.38. The third kappa shape index (κ3) is 4.40. The Kier molecular flexibility index (Phi) is 5.27. The van der Waals surface area contributed by atoms with Gasteiger partial charge in [-0.15, -0.1) is 0 Å². The highest BCUT2D eigenvalue weighted by Crippen LogP contribution is 2.03. The van der Waals surface area contributed by atoms with Crippen molar-refractivity contribution < 1.29 is 9.47 Å². The Morgan fingerprint density at radius 1 is 1.00 bits per heavy atom. The van der Waals surface area contributed by atoms with Crippen LogP contribution in [0.5, 0.6) is 0 Å². The summed E-state index contributed by atoms with van der Waals surface area (Å²) in [5.41, 5.74) is 2.63. The van der Waals surface area contributed by atoms with E-state index in [1.165, 1.54) is 11.1 Å². The van der Waals surface area contributed by atoms with Gasteiger partial charge < -0.3 is 9.47 Å². The van der Waals surface area contributed by atoms with E-state index in [4.69, 9.17) is 9.47 Å². The molecule has 1 aromatic rings. The Morgan fingerprint density at radius 3 is 2.36 bits per heavy atom. The van der Waals surface area contributed by atoms with E-state index in [0.717, 1.165) is 13.0 Å². The predicted molar refractivity (Wildman–Crippen MR) is 57.6 cm³/mol. The van der Waals surface area contributed by atoms with Crippen LogP contribution < -0.4 is 0 Å². The highest BCUT2D eigenvalue weighted by molar-refractivity contribution is 5.21. The Hall–Kier alpha value is -0.860. The number of hydrogen-bond donors (Lipinski definition) is 0. The minimum absolute atomic E-state index is 0.675. The van der Waals surface area contributed by atoms with E-state index in [-0.39, 0.29) is 0 Å². The lowest BCUT2D eigenvalue weighted by Gasteiger charge is -2.03. The standard InChI is InChI=1S/C12H18O2/c1-11-3-5-12(6-4-11)7-8-14-10-9-13-2/h3-6H,7-10H2,1-2H3. The molecule has 78 valence electrons. The molecule has 0 fully saturated rings. The molecular weight excluding hydrogens is 176 g/mol. The van der Waals surface area contributed by atoms with Crippen LogP contribution in [0.1, 0.15) is 11.1 Å². The quantitative estimate of drug-likeness (QED) is 0.646. The molecule has 0 aliphatic rings. The molecule has 2 nitrogen and oxygen atoms in total. The molecule has 0 radical (unpaired) electrons. The van der Waals surface area contributed by atoms with E-state index in [9.17, 15) is 0 Å². The zero-order valence-electron chi connectivity index (χ0n) is 8.95. The molecule has 0 saturated heterocycles. The summed E-state index contributed by atoms with van der Waals surface area (Å²) < 4.78 is 10.3. The fraction of sp³-hybridized carbons (Fsp3) is 0.500. The summed E-state index contributed by atoms with van der Waals surface area (Å²) in [5, 5.41) is 0. The second-order valence-electron chi connectivity index (χ2n) is 3.34. The summed E-state index contributed by atoms with van der Waals surface area (Å²) in [4.78, 5) is 0. The van der Waals surface area contributed by atoms with Crippen LogP contribution in [0.15, 0.2) is 24.3 Å². The van der Waals surface area contributed by atoms with Gasteiger partial charge in [-0.3, -0.25) is 0 Å². The highest BCUT2D eigenvalue weighted by atomic mass is 16.5. The number of methoxy groups -OCH3 is 1. The fourth-order valence-electron chi connectivity index (χ4n) is 1.19. The summed E-state index contributed by atoms with van der Waals surface area (Å²) in [6, 6.07) is 8.55. The average Bonchev–Trinajstić information content (AvgIpc) is 2.21. The predicted octanol–water partition coefficient (Wildman–Crippen LogP) is 2.20. The van der Waals surface area contributed by atoms with Crippen LogP contribution in [0.4, 0.5) is 0 Å². The van der Waals surface area contributed by atoms with Gasteiger partial charge in [0.2, 0.25) is 0 Å². The lowest BCUT2D eigenvalue weighted by Crippen LogP contribution is -2.04. The van der Waals surface area contributed by atoms with Crippen molar-refractivity contribution in [3.63, 3.8) is 0 Å². The zero-order chi connectivity index (χ0) is 10.2. The maximum Gasteiger partial charge on any atom is 0.0700 e. The Bertz CT molecular complexity index is 241. The van der Waals surface area contributed by atoms with E-state index in [0.29, 0.717) is 13.2 Å². The molecule has 0 saturated carbocycles. The molecule has 0 N–H and O–H groups in total. The molecule has 0 spiro atoms. The molecule has 0 bridgehead atoms. The largest absolute Gasteiger partial charge is 0.382 e. The number of aryl methyl sites for hydroxylation is 1. The topological polar surface area (TPSA) is 18.5 Å². The minimum atomic E-state index is 0.675. The average molecular weight is 194 g/mol. The molecule has 0 aliphatic heterocycles. The highest BCUT2D eigenvalue weighted by Gasteiger charge is 1.92. The summed E-state index contributed by atoms with van der Waals surface area (Å²) in [6.45, 7) is 4.22. The monoisotopic (exact) mass is 194 g/mol. The van der Waals surface area contributed by atoms with E-state index in [1.807, 2.05) is 0 Å². The summed E-state index contributed by atoms with van der Waals surface area (Å²) in [5.74, 6) is 0. The van der Waals surface area contributed by atoms with Crippen molar-refractivity contribution >= 4 is 0 Å². The van der Waals surface area contributed by atoms with Gasteiger partial charge in [-0.2, -0.15) is 0 Å². The van der Waals surface area contributed by atoms with Gasteiger partial charge in [0.25, 0.3) is 0 Å². The smallest absolute Gasteiger partial charge is 0.0700 e. The van der Waals surface area contributed by atoms with Crippen molar-refractivity contribution in [1.82, 2.24) is 0 Å². The van der Waals surface area contributed by atoms with Gasteiger partial charge >= 0.3 is 0 Å². The number of benzene rings is 1. The van der Waals surface area contributed by atoms with Crippen LogP contribution >= 0.6 is 0 Å². The van der Waals surface area contributed by atoms with Crippen molar-refractivity contribution in [2.75, 3.05) is 26.9 Å². The van der Waals surface area contributed by atoms with Gasteiger partial charge in [0, 0.05) is 7.11 Å². The zero-order valence-corrected chi connectivity index (χ0v) is 8.95. The molecule has 1 aromatic carbocycles. The van der Waals surface area contributed by atoms with Crippen molar-refractivity contribution in [2.45, 2.75) is 13.3 Å². The first kappa shape index (κ1) is 11.2. The molecule has 2 heteroatoms. The number of rotatable bonds is 6. The molecule has 0 unspecified atom stereocenters. The van der Waals surface area contributed by atoms with Crippen LogP contribution in [0.25, 0.3) is 0 Å². The summed E-state index contributed by atoms with van der Waals surface area (Å²) in [7, 11) is 1.68. The number of ether oxygens (including phenoxy) is 2. The van der Waals surface area contributed by atoms with Crippen molar-refractivity contribution in [3.05, 3.63) is 35.4 Å².